The number of aryl methyl sites for hydroxylation is 1. The molecule has 1 fully saturated rings. The van der Waals surface area contributed by atoms with Crippen molar-refractivity contribution >= 4 is 39.6 Å². The molecule has 4 heterocycles. The van der Waals surface area contributed by atoms with Gasteiger partial charge in [0, 0.05) is 30.4 Å². The Bertz CT molecular complexity index is 2760. The van der Waals surface area contributed by atoms with E-state index in [1.54, 1.807) is 19.1 Å². The van der Waals surface area contributed by atoms with E-state index in [0.717, 1.165) is 27.6 Å². The first-order valence-corrected chi connectivity index (χ1v) is 29.3. The van der Waals surface area contributed by atoms with Crippen molar-refractivity contribution in [3.63, 3.8) is 0 Å². The third-order valence-corrected chi connectivity index (χ3v) is 20.9. The maximum Gasteiger partial charge on any atom is 0.259 e. The molecule has 5 atom stereocenters. The number of anilines is 1. The first-order chi connectivity index (χ1) is 35.0. The Labute approximate surface area is 433 Å². The molecule has 6 aromatic rings. The molecule has 4 aromatic carbocycles. The summed E-state index contributed by atoms with van der Waals surface area (Å²) >= 11 is 0. The molecule has 0 aliphatic carbocycles. The summed E-state index contributed by atoms with van der Waals surface area (Å²) in [5.41, 5.74) is 3.67. The van der Waals surface area contributed by atoms with Crippen LogP contribution in [-0.2, 0) is 35.0 Å². The monoisotopic (exact) mass is 1030 g/mol. The van der Waals surface area contributed by atoms with Crippen LogP contribution in [0.1, 0.15) is 100 Å². The van der Waals surface area contributed by atoms with Crippen molar-refractivity contribution in [1.82, 2.24) is 19.2 Å². The number of ether oxygens (including phenoxy) is 4. The zero-order valence-electron chi connectivity index (χ0n) is 44.2. The molecule has 0 radical (unpaired) electrons. The fraction of sp³-hybridized carbons (Fsp3) is 0.439. The minimum absolute atomic E-state index is 0.0230. The van der Waals surface area contributed by atoms with Crippen LogP contribution in [0.15, 0.2) is 122 Å². The van der Waals surface area contributed by atoms with Gasteiger partial charge in [0.1, 0.15) is 53.2 Å². The first-order valence-electron chi connectivity index (χ1n) is 25.3. The number of methoxy groups -OCH3 is 2. The average Bonchev–Trinajstić information content (AvgIpc) is 3.84. The highest BCUT2D eigenvalue weighted by Crippen LogP contribution is 2.53. The summed E-state index contributed by atoms with van der Waals surface area (Å²) in [6.07, 6.45) is 2.18. The molecule has 386 valence electrons. The second kappa shape index (κ2) is 22.9. The Hall–Kier alpha value is -5.53. The van der Waals surface area contributed by atoms with Crippen molar-refractivity contribution in [2.45, 2.75) is 128 Å². The number of nitrogens with zero attached hydrogens (tertiary/aromatic N) is 6. The molecule has 1 unspecified atom stereocenters. The van der Waals surface area contributed by atoms with E-state index in [-0.39, 0.29) is 42.7 Å². The molecule has 14 nitrogen and oxygen atoms in total. The standard InChI is InChI=1S/C57H71N6O8PSi/c1-39(2)63(40(3)4)72(68-35-19-33-58)70-50-48(37-67-57(43-23-16-13-17-24-43,44-25-29-46(65-8)30-26-44)45-27-31-47(66-9)32-28-45)69-55(51(50)71-73(10,11)56(5,6)7)62-36-42-22-18-34-61(52-49(42)53(62)60-38-59-52)54(64)41-20-14-12-15-21-41/h12-17,20-21,23-32,36,38-40,48,50-51,55H,18-19,22,34-35,37H2,1-11H3/t48-,50-,51-,55-,72?/m1/s1. The highest BCUT2D eigenvalue weighted by molar-refractivity contribution is 7.44. The Morgan fingerprint density at radius 3 is 2.00 bits per heavy atom. The Kier molecular flexibility index (Phi) is 16.9. The van der Waals surface area contributed by atoms with Gasteiger partial charge in [0.15, 0.2) is 14.5 Å². The Morgan fingerprint density at radius 1 is 0.849 bits per heavy atom. The second-order valence-electron chi connectivity index (χ2n) is 20.7. The molecule has 16 heteroatoms. The van der Waals surface area contributed by atoms with Gasteiger partial charge in [0.25, 0.3) is 14.4 Å². The summed E-state index contributed by atoms with van der Waals surface area (Å²) in [5.74, 6) is 1.86. The van der Waals surface area contributed by atoms with E-state index in [1.165, 1.54) is 6.33 Å². The first kappa shape index (κ1) is 53.7. The largest absolute Gasteiger partial charge is 0.497 e. The topological polar surface area (TPSA) is 143 Å². The van der Waals surface area contributed by atoms with Crippen molar-refractivity contribution < 1.29 is 37.2 Å². The zero-order chi connectivity index (χ0) is 52.1. The molecular weight excluding hydrogens is 956 g/mol. The van der Waals surface area contributed by atoms with Crippen LogP contribution in [-0.4, -0.2) is 97.8 Å². The van der Waals surface area contributed by atoms with Crippen LogP contribution in [0.5, 0.6) is 11.5 Å². The van der Waals surface area contributed by atoms with Gasteiger partial charge in [-0.15, -0.1) is 0 Å². The lowest BCUT2D eigenvalue weighted by molar-refractivity contribution is -0.0925. The van der Waals surface area contributed by atoms with E-state index in [4.69, 9.17) is 42.4 Å². The number of carbonyl (C=O) groups excluding carboxylic acids is 1. The minimum atomic E-state index is -2.66. The van der Waals surface area contributed by atoms with Crippen LogP contribution >= 0.6 is 8.53 Å². The van der Waals surface area contributed by atoms with Crippen LogP contribution in [0.25, 0.3) is 11.0 Å². The summed E-state index contributed by atoms with van der Waals surface area (Å²) < 4.78 is 52.7. The fourth-order valence-electron chi connectivity index (χ4n) is 9.72. The maximum atomic E-state index is 14.3. The number of nitriles is 1. The van der Waals surface area contributed by atoms with Crippen molar-refractivity contribution in [2.75, 3.05) is 38.9 Å². The quantitative estimate of drug-likeness (QED) is 0.0311. The Morgan fingerprint density at radius 2 is 1.44 bits per heavy atom. The summed E-state index contributed by atoms with van der Waals surface area (Å²) in [4.78, 5) is 25.8. The van der Waals surface area contributed by atoms with Gasteiger partial charge in [-0.3, -0.25) is 9.69 Å². The number of amides is 1. The molecule has 0 bridgehead atoms. The molecule has 2 aliphatic heterocycles. The van der Waals surface area contributed by atoms with Crippen LogP contribution in [0.2, 0.25) is 18.1 Å². The van der Waals surface area contributed by atoms with Crippen molar-refractivity contribution in [2.24, 2.45) is 0 Å². The molecule has 2 aromatic heterocycles. The molecule has 1 amide bonds. The van der Waals surface area contributed by atoms with E-state index in [0.29, 0.717) is 47.9 Å². The lowest BCUT2D eigenvalue weighted by Crippen LogP contribution is -2.50. The van der Waals surface area contributed by atoms with Crippen molar-refractivity contribution in [3.05, 3.63) is 150 Å². The van der Waals surface area contributed by atoms with E-state index >= 15 is 0 Å². The van der Waals surface area contributed by atoms with Gasteiger partial charge in [0.2, 0.25) is 0 Å². The highest BCUT2D eigenvalue weighted by Gasteiger charge is 2.55. The molecule has 2 aliphatic rings. The number of hydrogen-bond acceptors (Lipinski definition) is 12. The summed E-state index contributed by atoms with van der Waals surface area (Å²) in [7, 11) is -1.15. The van der Waals surface area contributed by atoms with E-state index < -0.39 is 47.0 Å². The lowest BCUT2D eigenvalue weighted by Gasteiger charge is -2.42. The molecule has 0 saturated carbocycles. The number of carbonyl (C=O) groups is 1. The zero-order valence-corrected chi connectivity index (χ0v) is 46.0. The number of benzene rings is 4. The van der Waals surface area contributed by atoms with Gasteiger partial charge in [-0.25, -0.2) is 14.6 Å². The number of rotatable bonds is 20. The predicted molar refractivity (Wildman–Crippen MR) is 288 cm³/mol. The summed E-state index contributed by atoms with van der Waals surface area (Å²) in [6, 6.07) is 37.8. The second-order valence-corrected chi connectivity index (χ2v) is 26.9. The smallest absolute Gasteiger partial charge is 0.259 e. The van der Waals surface area contributed by atoms with Gasteiger partial charge < -0.3 is 37.0 Å². The maximum absolute atomic E-state index is 14.3. The molecule has 0 spiro atoms. The normalized spacial score (nSPS) is 18.8. The molecule has 8 rings (SSSR count). The molecule has 73 heavy (non-hydrogen) atoms. The van der Waals surface area contributed by atoms with Gasteiger partial charge in [-0.2, -0.15) is 5.26 Å². The van der Waals surface area contributed by atoms with Crippen molar-refractivity contribution in [1.29, 1.82) is 5.26 Å². The number of hydrogen-bond donors (Lipinski definition) is 0. The van der Waals surface area contributed by atoms with Gasteiger partial charge in [-0.1, -0.05) is 93.6 Å². The van der Waals surface area contributed by atoms with Crippen LogP contribution in [0.3, 0.4) is 0 Å². The fourth-order valence-corrected chi connectivity index (χ4v) is 12.8. The van der Waals surface area contributed by atoms with Gasteiger partial charge >= 0.3 is 0 Å². The Balaban J connectivity index is 1.32. The number of aromatic nitrogens is 3. The predicted octanol–water partition coefficient (Wildman–Crippen LogP) is 12.0. The van der Waals surface area contributed by atoms with Crippen LogP contribution in [0, 0.1) is 11.3 Å². The molecule has 0 N–H and O–H groups in total. The third kappa shape index (κ3) is 11.1. The SMILES string of the molecule is COc1ccc(C(OC[C@H]2O[C@@H](n3cc4c5c(ncnc53)N(C(=O)c3ccccc3)CCC4)[C@H](O[Si](C)(C)C(C)(C)C)[C@@H]2OP(OCCC#N)N(C(C)C)C(C)C)(c2ccccc2)c2ccc(OC)cc2)cc1. The van der Waals surface area contributed by atoms with Gasteiger partial charge in [0.05, 0.1) is 45.3 Å². The highest BCUT2D eigenvalue weighted by atomic mass is 31.2. The average molecular weight is 1030 g/mol. The lowest BCUT2D eigenvalue weighted by atomic mass is 9.80. The van der Waals surface area contributed by atoms with Crippen LogP contribution in [0.4, 0.5) is 5.82 Å². The van der Waals surface area contributed by atoms with Crippen LogP contribution < -0.4 is 14.4 Å². The third-order valence-electron chi connectivity index (χ3n) is 14.3. The summed E-state index contributed by atoms with van der Waals surface area (Å²) in [6.45, 7) is 20.4. The molecular formula is C57H71N6O8PSi. The molecule has 1 saturated heterocycles. The summed E-state index contributed by atoms with van der Waals surface area (Å²) in [5, 5.41) is 10.3. The van der Waals surface area contributed by atoms with Crippen molar-refractivity contribution in [3.8, 4) is 17.6 Å². The van der Waals surface area contributed by atoms with E-state index in [1.807, 2.05) is 97.1 Å². The van der Waals surface area contributed by atoms with E-state index in [9.17, 15) is 10.1 Å². The minimum Gasteiger partial charge on any atom is -0.497 e. The van der Waals surface area contributed by atoms with Gasteiger partial charge in [-0.05, 0) is 117 Å². The van der Waals surface area contributed by atoms with E-state index in [2.05, 4.69) is 95.2 Å².